The molecule has 2 aromatic rings. The lowest BCUT2D eigenvalue weighted by Crippen LogP contribution is -2.08. The topological polar surface area (TPSA) is 41.1 Å². The molecule has 6 heteroatoms. The van der Waals surface area contributed by atoms with E-state index in [1.54, 1.807) is 12.1 Å². The second-order valence-electron chi connectivity index (χ2n) is 4.43. The SMILES string of the molecule is CC(=O)Nc1ccc(NC(C)c2csc(Cl)c2)cc1Cl. The van der Waals surface area contributed by atoms with Crippen LogP contribution in [0.4, 0.5) is 11.4 Å². The lowest BCUT2D eigenvalue weighted by atomic mass is 10.1. The number of hydrogen-bond acceptors (Lipinski definition) is 3. The summed E-state index contributed by atoms with van der Waals surface area (Å²) in [5.74, 6) is -0.145. The highest BCUT2D eigenvalue weighted by Gasteiger charge is 2.09. The molecule has 0 saturated carbocycles. The number of amides is 1. The minimum Gasteiger partial charge on any atom is -0.378 e. The Kier molecular flexibility index (Phi) is 4.91. The monoisotopic (exact) mass is 328 g/mol. The van der Waals surface area contributed by atoms with Crippen molar-refractivity contribution in [3.8, 4) is 0 Å². The third-order valence-corrected chi connectivity index (χ3v) is 4.17. The Morgan fingerprint density at radius 3 is 2.60 bits per heavy atom. The van der Waals surface area contributed by atoms with Crippen molar-refractivity contribution >= 4 is 51.8 Å². The van der Waals surface area contributed by atoms with E-state index in [1.165, 1.54) is 18.3 Å². The van der Waals surface area contributed by atoms with Gasteiger partial charge < -0.3 is 10.6 Å². The van der Waals surface area contributed by atoms with Crippen molar-refractivity contribution in [1.82, 2.24) is 0 Å². The maximum Gasteiger partial charge on any atom is 0.221 e. The summed E-state index contributed by atoms with van der Waals surface area (Å²) in [6, 6.07) is 7.51. The first kappa shape index (κ1) is 15.2. The minimum absolute atomic E-state index is 0.126. The number of thiophene rings is 1. The molecule has 0 radical (unpaired) electrons. The molecule has 0 fully saturated rings. The Morgan fingerprint density at radius 1 is 1.30 bits per heavy atom. The van der Waals surface area contributed by atoms with Gasteiger partial charge in [0.1, 0.15) is 0 Å². The van der Waals surface area contributed by atoms with E-state index in [9.17, 15) is 4.79 Å². The van der Waals surface area contributed by atoms with E-state index in [4.69, 9.17) is 23.2 Å². The summed E-state index contributed by atoms with van der Waals surface area (Å²) < 4.78 is 0.771. The van der Waals surface area contributed by atoms with Crippen molar-refractivity contribution in [3.63, 3.8) is 0 Å². The van der Waals surface area contributed by atoms with Gasteiger partial charge in [0.15, 0.2) is 0 Å². The fourth-order valence-corrected chi connectivity index (χ4v) is 2.99. The molecule has 2 rings (SSSR count). The van der Waals surface area contributed by atoms with Crippen LogP contribution < -0.4 is 10.6 Å². The van der Waals surface area contributed by atoms with Gasteiger partial charge in [-0.2, -0.15) is 0 Å². The predicted octanol–water partition coefficient (Wildman–Crippen LogP) is 5.19. The maximum atomic E-state index is 11.0. The predicted molar refractivity (Wildman–Crippen MR) is 87.1 cm³/mol. The molecule has 1 amide bonds. The zero-order valence-electron chi connectivity index (χ0n) is 11.0. The van der Waals surface area contributed by atoms with Crippen LogP contribution >= 0.6 is 34.5 Å². The zero-order chi connectivity index (χ0) is 14.7. The summed E-state index contributed by atoms with van der Waals surface area (Å²) in [5, 5.41) is 8.54. The molecular weight excluding hydrogens is 315 g/mol. The van der Waals surface area contributed by atoms with Crippen LogP contribution in [-0.2, 0) is 4.79 Å². The Bertz CT molecular complexity index is 627. The Labute approximate surface area is 131 Å². The molecule has 0 aliphatic carbocycles. The summed E-state index contributed by atoms with van der Waals surface area (Å²) in [6.07, 6.45) is 0. The third kappa shape index (κ3) is 3.88. The quantitative estimate of drug-likeness (QED) is 0.811. The second kappa shape index (κ2) is 6.48. The third-order valence-electron chi connectivity index (χ3n) is 2.75. The fourth-order valence-electron chi connectivity index (χ4n) is 1.78. The molecule has 1 atom stereocenters. The van der Waals surface area contributed by atoms with Crippen LogP contribution in [0.5, 0.6) is 0 Å². The summed E-state index contributed by atoms with van der Waals surface area (Å²) >= 11 is 13.6. The molecule has 1 aromatic carbocycles. The van der Waals surface area contributed by atoms with Gasteiger partial charge in [-0.05, 0) is 42.1 Å². The number of rotatable bonds is 4. The molecule has 3 nitrogen and oxygen atoms in total. The Balaban J connectivity index is 2.10. The average Bonchev–Trinajstić information content (AvgIpc) is 2.79. The largest absolute Gasteiger partial charge is 0.378 e. The zero-order valence-corrected chi connectivity index (χ0v) is 13.4. The van der Waals surface area contributed by atoms with Crippen LogP contribution in [0.25, 0.3) is 0 Å². The van der Waals surface area contributed by atoms with Gasteiger partial charge >= 0.3 is 0 Å². The molecular formula is C14H14Cl2N2OS. The van der Waals surface area contributed by atoms with E-state index in [1.807, 2.05) is 24.4 Å². The maximum absolute atomic E-state index is 11.0. The van der Waals surface area contributed by atoms with Crippen LogP contribution in [0.3, 0.4) is 0 Å². The number of nitrogens with one attached hydrogen (secondary N) is 2. The minimum atomic E-state index is -0.145. The van der Waals surface area contributed by atoms with Crippen LogP contribution in [0, 0.1) is 0 Å². The molecule has 20 heavy (non-hydrogen) atoms. The molecule has 0 aliphatic heterocycles. The van der Waals surface area contributed by atoms with Crippen molar-refractivity contribution in [3.05, 3.63) is 44.6 Å². The van der Waals surface area contributed by atoms with Gasteiger partial charge in [-0.25, -0.2) is 0 Å². The standard InChI is InChI=1S/C14H14Cl2N2OS/c1-8(10-5-14(16)20-7-10)17-11-3-4-13(12(15)6-11)18-9(2)19/h3-8,17H,1-2H3,(H,18,19). The molecule has 106 valence electrons. The van der Waals surface area contributed by atoms with Crippen LogP contribution in [0.2, 0.25) is 9.36 Å². The second-order valence-corrected chi connectivity index (χ2v) is 6.38. The molecule has 0 aliphatic rings. The van der Waals surface area contributed by atoms with Gasteiger partial charge in [0.25, 0.3) is 0 Å². The van der Waals surface area contributed by atoms with Gasteiger partial charge in [0.05, 0.1) is 15.0 Å². The molecule has 1 aromatic heterocycles. The number of halogens is 2. The molecule has 1 unspecified atom stereocenters. The first-order valence-corrected chi connectivity index (χ1v) is 7.67. The fraction of sp³-hybridized carbons (Fsp3) is 0.214. The van der Waals surface area contributed by atoms with E-state index in [0.29, 0.717) is 10.7 Å². The summed E-state index contributed by atoms with van der Waals surface area (Å²) in [6.45, 7) is 3.50. The van der Waals surface area contributed by atoms with E-state index in [2.05, 4.69) is 10.6 Å². The normalized spacial score (nSPS) is 12.0. The van der Waals surface area contributed by atoms with Crippen molar-refractivity contribution in [2.24, 2.45) is 0 Å². The highest BCUT2D eigenvalue weighted by Crippen LogP contribution is 2.30. The first-order valence-electron chi connectivity index (χ1n) is 6.03. The van der Waals surface area contributed by atoms with Gasteiger partial charge in [0, 0.05) is 18.7 Å². The number of hydrogen-bond donors (Lipinski definition) is 2. The Hall–Kier alpha value is -1.23. The summed E-state index contributed by atoms with van der Waals surface area (Å²) in [4.78, 5) is 11.0. The van der Waals surface area contributed by atoms with Crippen LogP contribution in [-0.4, -0.2) is 5.91 Å². The van der Waals surface area contributed by atoms with Gasteiger partial charge in [-0.3, -0.25) is 4.79 Å². The van der Waals surface area contributed by atoms with Gasteiger partial charge in [0.2, 0.25) is 5.91 Å². The summed E-state index contributed by atoms with van der Waals surface area (Å²) in [5.41, 5.74) is 2.62. The van der Waals surface area contributed by atoms with E-state index in [-0.39, 0.29) is 11.9 Å². The van der Waals surface area contributed by atoms with E-state index >= 15 is 0 Å². The Morgan fingerprint density at radius 2 is 2.05 bits per heavy atom. The summed E-state index contributed by atoms with van der Waals surface area (Å²) in [7, 11) is 0. The van der Waals surface area contributed by atoms with Crippen molar-refractivity contribution < 1.29 is 4.79 Å². The molecule has 2 N–H and O–H groups in total. The van der Waals surface area contributed by atoms with Gasteiger partial charge in [-0.1, -0.05) is 23.2 Å². The lowest BCUT2D eigenvalue weighted by Gasteiger charge is -2.15. The highest BCUT2D eigenvalue weighted by atomic mass is 35.5. The molecule has 0 bridgehead atoms. The van der Waals surface area contributed by atoms with Crippen molar-refractivity contribution in [2.45, 2.75) is 19.9 Å². The number of anilines is 2. The van der Waals surface area contributed by atoms with Crippen LogP contribution in [0.15, 0.2) is 29.6 Å². The molecule has 0 spiro atoms. The number of carbonyl (C=O) groups excluding carboxylic acids is 1. The average molecular weight is 329 g/mol. The van der Waals surface area contributed by atoms with Crippen molar-refractivity contribution in [2.75, 3.05) is 10.6 Å². The number of benzene rings is 1. The number of carbonyl (C=O) groups is 1. The van der Waals surface area contributed by atoms with Gasteiger partial charge in [-0.15, -0.1) is 11.3 Å². The van der Waals surface area contributed by atoms with Crippen LogP contribution in [0.1, 0.15) is 25.5 Å². The lowest BCUT2D eigenvalue weighted by molar-refractivity contribution is -0.114. The van der Waals surface area contributed by atoms with Crippen molar-refractivity contribution in [1.29, 1.82) is 0 Å². The smallest absolute Gasteiger partial charge is 0.221 e. The van der Waals surface area contributed by atoms with E-state index in [0.717, 1.165) is 15.6 Å². The molecule has 0 saturated heterocycles. The first-order chi connectivity index (χ1) is 9.45. The highest BCUT2D eigenvalue weighted by molar-refractivity contribution is 7.14. The molecule has 1 heterocycles. The van der Waals surface area contributed by atoms with E-state index < -0.39 is 0 Å².